The van der Waals surface area contributed by atoms with Crippen LogP contribution in [0.4, 0.5) is 0 Å². The molecule has 0 radical (unpaired) electrons. The Kier molecular flexibility index (Phi) is 5.09. The summed E-state index contributed by atoms with van der Waals surface area (Å²) in [6, 6.07) is 5.89. The molecule has 1 fully saturated rings. The minimum atomic E-state index is -0.518. The Balaban J connectivity index is 1.94. The molecular formula is C14H20Cl2N2O. The largest absolute Gasteiger partial charge is 0.387 e. The summed E-state index contributed by atoms with van der Waals surface area (Å²) in [6.45, 7) is 2.68. The van der Waals surface area contributed by atoms with Crippen LogP contribution >= 0.6 is 23.2 Å². The van der Waals surface area contributed by atoms with Gasteiger partial charge in [-0.25, -0.2) is 0 Å². The maximum atomic E-state index is 10.3. The average molecular weight is 303 g/mol. The van der Waals surface area contributed by atoms with E-state index < -0.39 is 6.10 Å². The van der Waals surface area contributed by atoms with Gasteiger partial charge in [0.05, 0.1) is 16.1 Å². The molecule has 1 aromatic carbocycles. The van der Waals surface area contributed by atoms with E-state index in [0.717, 1.165) is 25.1 Å². The first kappa shape index (κ1) is 15.1. The molecule has 1 heterocycles. The lowest BCUT2D eigenvalue weighted by molar-refractivity contribution is 0.122. The summed E-state index contributed by atoms with van der Waals surface area (Å²) in [4.78, 5) is 4.53. The molecule has 19 heavy (non-hydrogen) atoms. The smallest absolute Gasteiger partial charge is 0.0917 e. The fraction of sp³-hybridized carbons (Fsp3) is 0.571. The number of β-amino-alcohol motifs (C(OH)–C–C–N with tert-alkyl or cyclic N) is 1. The third kappa shape index (κ3) is 3.83. The van der Waals surface area contributed by atoms with E-state index >= 15 is 0 Å². The Morgan fingerprint density at radius 1 is 1.37 bits per heavy atom. The van der Waals surface area contributed by atoms with Crippen molar-refractivity contribution in [2.45, 2.75) is 18.6 Å². The van der Waals surface area contributed by atoms with Crippen LogP contribution in [-0.2, 0) is 0 Å². The van der Waals surface area contributed by atoms with E-state index in [9.17, 15) is 5.11 Å². The van der Waals surface area contributed by atoms with Gasteiger partial charge in [-0.1, -0.05) is 29.3 Å². The Bertz CT molecular complexity index is 439. The van der Waals surface area contributed by atoms with Crippen LogP contribution in [0.1, 0.15) is 18.1 Å². The molecule has 0 amide bonds. The van der Waals surface area contributed by atoms with Crippen molar-refractivity contribution in [3.05, 3.63) is 33.8 Å². The number of benzene rings is 1. The molecule has 1 aliphatic heterocycles. The molecule has 1 saturated heterocycles. The second-order valence-corrected chi connectivity index (χ2v) is 6.17. The van der Waals surface area contributed by atoms with E-state index in [1.54, 1.807) is 12.1 Å². The third-order valence-corrected chi connectivity index (χ3v) is 4.48. The highest BCUT2D eigenvalue weighted by Gasteiger charge is 2.25. The summed E-state index contributed by atoms with van der Waals surface area (Å²) in [7, 11) is 4.20. The predicted molar refractivity (Wildman–Crippen MR) is 80.0 cm³/mol. The number of likely N-dealkylation sites (N-methyl/N-ethyl adjacent to an activating group) is 1. The van der Waals surface area contributed by atoms with Gasteiger partial charge in [0, 0.05) is 19.1 Å². The Labute approximate surface area is 124 Å². The molecule has 1 N–H and O–H groups in total. The van der Waals surface area contributed by atoms with Gasteiger partial charge in [-0.2, -0.15) is 0 Å². The molecular weight excluding hydrogens is 283 g/mol. The van der Waals surface area contributed by atoms with Crippen LogP contribution < -0.4 is 0 Å². The standard InChI is InChI=1S/C14H20Cl2N2O/c1-17(2)11-5-6-18(8-11)9-14(19)10-3-4-12(15)13(16)7-10/h3-4,7,11,14,19H,5-6,8-9H2,1-2H3/t11?,14-/m1/s1. The Morgan fingerprint density at radius 3 is 2.68 bits per heavy atom. The highest BCUT2D eigenvalue weighted by molar-refractivity contribution is 6.42. The first-order chi connectivity index (χ1) is 8.97. The van der Waals surface area contributed by atoms with Crippen molar-refractivity contribution in [2.75, 3.05) is 33.7 Å². The van der Waals surface area contributed by atoms with Crippen molar-refractivity contribution in [2.24, 2.45) is 0 Å². The average Bonchev–Trinajstić information content (AvgIpc) is 2.81. The number of aliphatic hydroxyl groups excluding tert-OH is 1. The van der Waals surface area contributed by atoms with Crippen molar-refractivity contribution >= 4 is 23.2 Å². The van der Waals surface area contributed by atoms with Crippen molar-refractivity contribution in [1.82, 2.24) is 9.80 Å². The van der Waals surface area contributed by atoms with E-state index in [1.807, 2.05) is 6.07 Å². The van der Waals surface area contributed by atoms with Gasteiger partial charge in [0.25, 0.3) is 0 Å². The lowest BCUT2D eigenvalue weighted by Crippen LogP contribution is -2.33. The molecule has 1 aliphatic rings. The van der Waals surface area contributed by atoms with Crippen LogP contribution in [0.25, 0.3) is 0 Å². The van der Waals surface area contributed by atoms with E-state index in [1.165, 1.54) is 0 Å². The molecule has 2 rings (SSSR count). The minimum absolute atomic E-state index is 0.491. The summed E-state index contributed by atoms with van der Waals surface area (Å²) in [5.41, 5.74) is 0.822. The Hall–Kier alpha value is -0.320. The summed E-state index contributed by atoms with van der Waals surface area (Å²) in [5.74, 6) is 0. The van der Waals surface area contributed by atoms with Crippen molar-refractivity contribution < 1.29 is 5.11 Å². The van der Waals surface area contributed by atoms with E-state index in [4.69, 9.17) is 23.2 Å². The van der Waals surface area contributed by atoms with Crippen LogP contribution in [0.3, 0.4) is 0 Å². The molecule has 3 nitrogen and oxygen atoms in total. The van der Waals surface area contributed by atoms with Crippen LogP contribution in [-0.4, -0.2) is 54.7 Å². The molecule has 1 aromatic rings. The van der Waals surface area contributed by atoms with Crippen molar-refractivity contribution in [3.63, 3.8) is 0 Å². The summed E-state index contributed by atoms with van der Waals surface area (Å²) >= 11 is 11.9. The SMILES string of the molecule is CN(C)C1CCN(C[C@@H](O)c2ccc(Cl)c(Cl)c2)C1. The molecule has 1 unspecified atom stereocenters. The number of rotatable bonds is 4. The highest BCUT2D eigenvalue weighted by atomic mass is 35.5. The maximum absolute atomic E-state index is 10.3. The lowest BCUT2D eigenvalue weighted by Gasteiger charge is -2.22. The molecule has 0 spiro atoms. The summed E-state index contributed by atoms with van der Waals surface area (Å²) < 4.78 is 0. The molecule has 5 heteroatoms. The van der Waals surface area contributed by atoms with Gasteiger partial charge in [-0.15, -0.1) is 0 Å². The summed E-state index contributed by atoms with van der Waals surface area (Å²) in [6.07, 6.45) is 0.636. The molecule has 0 bridgehead atoms. The number of likely N-dealkylation sites (tertiary alicyclic amines) is 1. The van der Waals surface area contributed by atoms with Crippen LogP contribution in [0.2, 0.25) is 10.0 Å². The first-order valence-corrected chi connectivity index (χ1v) is 7.24. The molecule has 0 aliphatic carbocycles. The van der Waals surface area contributed by atoms with Gasteiger partial charge in [0.15, 0.2) is 0 Å². The molecule has 106 valence electrons. The quantitative estimate of drug-likeness (QED) is 0.926. The normalized spacial score (nSPS) is 22.1. The third-order valence-electron chi connectivity index (χ3n) is 3.74. The van der Waals surface area contributed by atoms with Crippen LogP contribution in [0.5, 0.6) is 0 Å². The van der Waals surface area contributed by atoms with E-state index in [2.05, 4.69) is 23.9 Å². The zero-order valence-corrected chi connectivity index (χ0v) is 12.8. The number of halogens is 2. The second kappa shape index (κ2) is 6.42. The first-order valence-electron chi connectivity index (χ1n) is 6.49. The fourth-order valence-electron chi connectivity index (χ4n) is 2.47. The van der Waals surface area contributed by atoms with Crippen LogP contribution in [0.15, 0.2) is 18.2 Å². The number of hydrogen-bond acceptors (Lipinski definition) is 3. The molecule has 2 atom stereocenters. The van der Waals surface area contributed by atoms with E-state index in [0.29, 0.717) is 22.6 Å². The second-order valence-electron chi connectivity index (χ2n) is 5.36. The van der Waals surface area contributed by atoms with Gasteiger partial charge in [0.2, 0.25) is 0 Å². The fourth-order valence-corrected chi connectivity index (χ4v) is 2.78. The maximum Gasteiger partial charge on any atom is 0.0917 e. The van der Waals surface area contributed by atoms with Crippen LogP contribution in [0, 0.1) is 0 Å². The van der Waals surface area contributed by atoms with Gasteiger partial charge in [0.1, 0.15) is 0 Å². The number of nitrogens with zero attached hydrogens (tertiary/aromatic N) is 2. The number of hydrogen-bond donors (Lipinski definition) is 1. The van der Waals surface area contributed by atoms with Crippen molar-refractivity contribution in [1.29, 1.82) is 0 Å². The Morgan fingerprint density at radius 2 is 2.11 bits per heavy atom. The summed E-state index contributed by atoms with van der Waals surface area (Å²) in [5, 5.41) is 11.3. The topological polar surface area (TPSA) is 26.7 Å². The molecule has 0 saturated carbocycles. The molecule has 0 aromatic heterocycles. The highest BCUT2D eigenvalue weighted by Crippen LogP contribution is 2.26. The predicted octanol–water partition coefficient (Wildman–Crippen LogP) is 2.66. The van der Waals surface area contributed by atoms with Gasteiger partial charge < -0.3 is 10.0 Å². The zero-order valence-electron chi connectivity index (χ0n) is 11.3. The zero-order chi connectivity index (χ0) is 14.0. The van der Waals surface area contributed by atoms with Crippen molar-refractivity contribution in [3.8, 4) is 0 Å². The number of aliphatic hydroxyl groups is 1. The van der Waals surface area contributed by atoms with Gasteiger partial charge >= 0.3 is 0 Å². The van der Waals surface area contributed by atoms with Gasteiger partial charge in [-0.05, 0) is 44.8 Å². The monoisotopic (exact) mass is 302 g/mol. The lowest BCUT2D eigenvalue weighted by atomic mass is 10.1. The van der Waals surface area contributed by atoms with E-state index in [-0.39, 0.29) is 0 Å². The minimum Gasteiger partial charge on any atom is -0.387 e. The van der Waals surface area contributed by atoms with Gasteiger partial charge in [-0.3, -0.25) is 4.90 Å².